The normalized spacial score (nSPS) is 16.4. The highest BCUT2D eigenvalue weighted by atomic mass is 35.5. The van der Waals surface area contributed by atoms with Gasteiger partial charge in [0.05, 0.1) is 6.54 Å². The molecule has 1 aliphatic rings. The Balaban J connectivity index is 1.54. The maximum Gasteiger partial charge on any atom is 0.257 e. The molecule has 0 spiro atoms. The summed E-state index contributed by atoms with van der Waals surface area (Å²) in [5, 5.41) is 0.581. The van der Waals surface area contributed by atoms with Crippen molar-refractivity contribution in [2.75, 3.05) is 32.1 Å². The van der Waals surface area contributed by atoms with Crippen LogP contribution < -0.4 is 9.64 Å². The molecule has 1 amide bonds. The Bertz CT molecular complexity index is 857. The predicted molar refractivity (Wildman–Crippen MR) is 112 cm³/mol. The fourth-order valence-electron chi connectivity index (χ4n) is 3.29. The first kappa shape index (κ1) is 21.0. The number of likely N-dealkylation sites (tertiary alicyclic amines) is 1. The van der Waals surface area contributed by atoms with E-state index < -0.39 is 0 Å². The lowest BCUT2D eigenvalue weighted by Crippen LogP contribution is -2.44. The third-order valence-corrected chi connectivity index (χ3v) is 5.06. The van der Waals surface area contributed by atoms with Crippen LogP contribution in [0.4, 0.5) is 5.82 Å². The summed E-state index contributed by atoms with van der Waals surface area (Å²) in [6.45, 7) is 1.16. The van der Waals surface area contributed by atoms with E-state index in [1.165, 1.54) is 0 Å². The van der Waals surface area contributed by atoms with Crippen molar-refractivity contribution in [2.24, 2.45) is 0 Å². The average molecular weight is 417 g/mol. The molecule has 1 atom stereocenters. The number of benzene rings is 1. The summed E-state index contributed by atoms with van der Waals surface area (Å²) in [5.41, 5.74) is 0.570. The van der Waals surface area contributed by atoms with Crippen LogP contribution in [-0.4, -0.2) is 59.8 Å². The van der Waals surface area contributed by atoms with E-state index in [-0.39, 0.29) is 30.6 Å². The number of amides is 1. The number of piperidine rings is 1. The smallest absolute Gasteiger partial charge is 0.257 e. The van der Waals surface area contributed by atoms with Gasteiger partial charge >= 0.3 is 0 Å². The van der Waals surface area contributed by atoms with Gasteiger partial charge in [-0.2, -0.15) is 0 Å². The first-order chi connectivity index (χ1) is 13.9. The number of rotatable bonds is 7. The van der Waals surface area contributed by atoms with Crippen molar-refractivity contribution in [1.29, 1.82) is 0 Å². The van der Waals surface area contributed by atoms with Gasteiger partial charge < -0.3 is 14.5 Å². The minimum Gasteiger partial charge on any atom is -0.470 e. The van der Waals surface area contributed by atoms with E-state index in [0.29, 0.717) is 35.4 Å². The Morgan fingerprint density at radius 3 is 2.62 bits per heavy atom. The standard InChI is InChI=1S/C21H25ClN4O3/c1-25(2)20-21(24-12-11-23-20)29-17-4-3-13-26(14-17)19(28)10-9-18(27)15-5-7-16(22)8-6-15/h5-8,11-12,17H,3-4,9-10,13-14H2,1-2H3. The molecule has 1 unspecified atom stereocenters. The van der Waals surface area contributed by atoms with Crippen molar-refractivity contribution in [3.63, 3.8) is 0 Å². The first-order valence-corrected chi connectivity index (χ1v) is 10.0. The van der Waals surface area contributed by atoms with Crippen LogP contribution in [0.3, 0.4) is 0 Å². The van der Waals surface area contributed by atoms with Gasteiger partial charge in [-0.05, 0) is 37.1 Å². The monoisotopic (exact) mass is 416 g/mol. The number of halogens is 1. The summed E-state index contributed by atoms with van der Waals surface area (Å²) in [5.74, 6) is 1.03. The zero-order valence-corrected chi connectivity index (χ0v) is 17.4. The van der Waals surface area contributed by atoms with Gasteiger partial charge in [0, 0.05) is 56.5 Å². The molecule has 0 bridgehead atoms. The van der Waals surface area contributed by atoms with Crippen molar-refractivity contribution in [1.82, 2.24) is 14.9 Å². The number of hydrogen-bond donors (Lipinski definition) is 0. The summed E-state index contributed by atoms with van der Waals surface area (Å²) in [6, 6.07) is 6.72. The second-order valence-corrected chi connectivity index (χ2v) is 7.67. The van der Waals surface area contributed by atoms with E-state index in [1.54, 1.807) is 41.6 Å². The topological polar surface area (TPSA) is 75.6 Å². The molecule has 0 aliphatic carbocycles. The molecule has 29 heavy (non-hydrogen) atoms. The molecule has 154 valence electrons. The summed E-state index contributed by atoms with van der Waals surface area (Å²) >= 11 is 5.85. The van der Waals surface area contributed by atoms with Gasteiger partial charge in [-0.1, -0.05) is 11.6 Å². The van der Waals surface area contributed by atoms with Crippen LogP contribution in [0, 0.1) is 0 Å². The summed E-state index contributed by atoms with van der Waals surface area (Å²) < 4.78 is 6.05. The summed E-state index contributed by atoms with van der Waals surface area (Å²) in [6.07, 6.45) is 5.12. The fourth-order valence-corrected chi connectivity index (χ4v) is 3.41. The molecule has 0 N–H and O–H groups in total. The summed E-state index contributed by atoms with van der Waals surface area (Å²) in [4.78, 5) is 37.1. The van der Waals surface area contributed by atoms with Crippen LogP contribution >= 0.6 is 11.6 Å². The van der Waals surface area contributed by atoms with Crippen LogP contribution in [0.2, 0.25) is 5.02 Å². The second kappa shape index (κ2) is 9.69. The third-order valence-electron chi connectivity index (χ3n) is 4.81. The molecule has 0 radical (unpaired) electrons. The van der Waals surface area contributed by atoms with Gasteiger partial charge in [-0.3, -0.25) is 9.59 Å². The lowest BCUT2D eigenvalue weighted by molar-refractivity contribution is -0.133. The Labute approximate surface area is 175 Å². The molecule has 1 saturated heterocycles. The lowest BCUT2D eigenvalue weighted by Gasteiger charge is -2.33. The maximum atomic E-state index is 12.6. The van der Waals surface area contributed by atoms with Gasteiger partial charge in [0.1, 0.15) is 6.10 Å². The van der Waals surface area contributed by atoms with Crippen molar-refractivity contribution in [2.45, 2.75) is 31.8 Å². The fraction of sp³-hybridized carbons (Fsp3) is 0.429. The molecule has 1 aliphatic heterocycles. The van der Waals surface area contributed by atoms with E-state index in [1.807, 2.05) is 19.0 Å². The molecule has 1 aromatic heterocycles. The number of hydrogen-bond acceptors (Lipinski definition) is 6. The Morgan fingerprint density at radius 2 is 1.90 bits per heavy atom. The van der Waals surface area contributed by atoms with Gasteiger partial charge in [0.25, 0.3) is 5.88 Å². The molecule has 7 nitrogen and oxygen atoms in total. The number of anilines is 1. The number of ether oxygens (including phenoxy) is 1. The van der Waals surface area contributed by atoms with E-state index in [9.17, 15) is 9.59 Å². The zero-order valence-electron chi connectivity index (χ0n) is 16.7. The van der Waals surface area contributed by atoms with Crippen molar-refractivity contribution in [3.05, 3.63) is 47.2 Å². The second-order valence-electron chi connectivity index (χ2n) is 7.23. The van der Waals surface area contributed by atoms with Crippen molar-refractivity contribution in [3.8, 4) is 5.88 Å². The highest BCUT2D eigenvalue weighted by molar-refractivity contribution is 6.30. The van der Waals surface area contributed by atoms with Crippen LogP contribution in [0.15, 0.2) is 36.7 Å². The predicted octanol–water partition coefficient (Wildman–Crippen LogP) is 3.23. The lowest BCUT2D eigenvalue weighted by atomic mass is 10.0. The molecule has 3 rings (SSSR count). The number of carbonyl (C=O) groups excluding carboxylic acids is 2. The van der Waals surface area contributed by atoms with Crippen molar-refractivity contribution >= 4 is 29.1 Å². The molecule has 2 aromatic rings. The Morgan fingerprint density at radius 1 is 1.17 bits per heavy atom. The number of carbonyl (C=O) groups is 2. The number of Topliss-reactive ketones (excluding diaryl/α,β-unsaturated/α-hetero) is 1. The zero-order chi connectivity index (χ0) is 20.8. The van der Waals surface area contributed by atoms with Crippen LogP contribution in [0.1, 0.15) is 36.0 Å². The van der Waals surface area contributed by atoms with Crippen LogP contribution in [0.25, 0.3) is 0 Å². The highest BCUT2D eigenvalue weighted by Crippen LogP contribution is 2.24. The maximum absolute atomic E-state index is 12.6. The van der Waals surface area contributed by atoms with E-state index in [0.717, 1.165) is 12.8 Å². The van der Waals surface area contributed by atoms with E-state index in [2.05, 4.69) is 9.97 Å². The average Bonchev–Trinajstić information content (AvgIpc) is 2.72. The molecule has 0 saturated carbocycles. The highest BCUT2D eigenvalue weighted by Gasteiger charge is 2.26. The number of ketones is 1. The van der Waals surface area contributed by atoms with Crippen LogP contribution in [-0.2, 0) is 4.79 Å². The third kappa shape index (κ3) is 5.67. The Hall–Kier alpha value is -2.67. The van der Waals surface area contributed by atoms with Gasteiger partial charge in [0.15, 0.2) is 11.6 Å². The SMILES string of the molecule is CN(C)c1nccnc1OC1CCCN(C(=O)CCC(=O)c2ccc(Cl)cc2)C1. The summed E-state index contributed by atoms with van der Waals surface area (Å²) in [7, 11) is 3.76. The minimum atomic E-state index is -0.143. The molecule has 1 fully saturated rings. The van der Waals surface area contributed by atoms with Gasteiger partial charge in [-0.15, -0.1) is 0 Å². The van der Waals surface area contributed by atoms with Gasteiger partial charge in [-0.25, -0.2) is 9.97 Å². The van der Waals surface area contributed by atoms with Crippen LogP contribution in [0.5, 0.6) is 5.88 Å². The molecular weight excluding hydrogens is 392 g/mol. The van der Waals surface area contributed by atoms with E-state index >= 15 is 0 Å². The Kier molecular flexibility index (Phi) is 7.04. The largest absolute Gasteiger partial charge is 0.470 e. The molecule has 1 aromatic carbocycles. The van der Waals surface area contributed by atoms with Crippen molar-refractivity contribution < 1.29 is 14.3 Å². The molecular formula is C21H25ClN4O3. The van der Waals surface area contributed by atoms with E-state index in [4.69, 9.17) is 16.3 Å². The molecule has 8 heteroatoms. The first-order valence-electron chi connectivity index (χ1n) is 9.65. The minimum absolute atomic E-state index is 0.0346. The number of nitrogens with zero attached hydrogens (tertiary/aromatic N) is 4. The quantitative estimate of drug-likeness (QED) is 0.645. The number of aromatic nitrogens is 2. The molecule has 2 heterocycles. The van der Waals surface area contributed by atoms with Gasteiger partial charge in [0.2, 0.25) is 5.91 Å².